The van der Waals surface area contributed by atoms with E-state index in [-0.39, 0.29) is 0 Å². The molecule has 5 heteroatoms. The van der Waals surface area contributed by atoms with Crippen LogP contribution in [0.4, 0.5) is 0 Å². The first-order valence-electron chi connectivity index (χ1n) is 6.57. The highest BCUT2D eigenvalue weighted by Gasteiger charge is 2.23. The normalized spacial score (nSPS) is 12.9. The predicted octanol–water partition coefficient (Wildman–Crippen LogP) is 3.77. The van der Waals surface area contributed by atoms with Crippen LogP contribution in [0.25, 0.3) is 11.0 Å². The maximum absolute atomic E-state index is 10.7. The number of fused-ring (bicyclic) bond motifs is 1. The largest absolute Gasteiger partial charge is 0.464 e. The molecule has 1 atom stereocenters. The minimum Gasteiger partial charge on any atom is -0.464 e. The first kappa shape index (κ1) is 13.2. The van der Waals surface area contributed by atoms with Crippen molar-refractivity contribution in [3.63, 3.8) is 0 Å². The van der Waals surface area contributed by atoms with Crippen LogP contribution in [0.3, 0.4) is 0 Å². The van der Waals surface area contributed by atoms with Gasteiger partial charge in [0, 0.05) is 17.5 Å². The van der Waals surface area contributed by atoms with Crippen molar-refractivity contribution in [2.75, 3.05) is 0 Å². The van der Waals surface area contributed by atoms with Gasteiger partial charge in [-0.25, -0.2) is 0 Å². The Labute approximate surface area is 121 Å². The Morgan fingerprint density at radius 1 is 1.40 bits per heavy atom. The summed E-state index contributed by atoms with van der Waals surface area (Å²) in [6.07, 6.45) is 3.22. The van der Waals surface area contributed by atoms with Crippen molar-refractivity contribution in [3.05, 3.63) is 53.0 Å². The van der Waals surface area contributed by atoms with E-state index in [4.69, 9.17) is 16.0 Å². The summed E-state index contributed by atoms with van der Waals surface area (Å²) in [5.74, 6) is 0. The molecule has 104 valence electrons. The SMILES string of the molecule is CCCn1ncc(Cl)c1C(O)c1coc2ccccc12. The fraction of sp³-hybridized carbons (Fsp3) is 0.267. The average Bonchev–Trinajstić information content (AvgIpc) is 3.03. The molecular formula is C15H15ClN2O2. The van der Waals surface area contributed by atoms with Crippen LogP contribution in [0.1, 0.15) is 30.7 Å². The molecule has 0 spiro atoms. The van der Waals surface area contributed by atoms with Crippen LogP contribution in [-0.2, 0) is 6.54 Å². The topological polar surface area (TPSA) is 51.2 Å². The van der Waals surface area contributed by atoms with E-state index in [1.54, 1.807) is 17.1 Å². The van der Waals surface area contributed by atoms with E-state index in [1.807, 2.05) is 24.3 Å². The summed E-state index contributed by atoms with van der Waals surface area (Å²) in [4.78, 5) is 0. The second-order valence-electron chi connectivity index (χ2n) is 4.69. The molecule has 0 aliphatic heterocycles. The highest BCUT2D eigenvalue weighted by atomic mass is 35.5. The second kappa shape index (κ2) is 5.31. The molecule has 20 heavy (non-hydrogen) atoms. The number of rotatable bonds is 4. The number of hydrogen-bond acceptors (Lipinski definition) is 3. The number of hydrogen-bond donors (Lipinski definition) is 1. The maximum Gasteiger partial charge on any atom is 0.134 e. The molecule has 3 aromatic rings. The molecule has 2 heterocycles. The number of furan rings is 1. The number of aryl methyl sites for hydroxylation is 1. The highest BCUT2D eigenvalue weighted by Crippen LogP contribution is 2.33. The zero-order chi connectivity index (χ0) is 14.1. The van der Waals surface area contributed by atoms with E-state index in [1.165, 1.54) is 0 Å². The molecule has 0 radical (unpaired) electrons. The summed E-state index contributed by atoms with van der Waals surface area (Å²) in [6.45, 7) is 2.77. The van der Waals surface area contributed by atoms with E-state index in [2.05, 4.69) is 12.0 Å². The Kier molecular flexibility index (Phi) is 3.51. The molecule has 3 rings (SSSR count). The maximum atomic E-state index is 10.7. The minimum absolute atomic E-state index is 0.469. The van der Waals surface area contributed by atoms with Gasteiger partial charge in [0.25, 0.3) is 0 Å². The highest BCUT2D eigenvalue weighted by molar-refractivity contribution is 6.31. The molecule has 0 saturated heterocycles. The third-order valence-corrected chi connectivity index (χ3v) is 3.62. The fourth-order valence-electron chi connectivity index (χ4n) is 2.39. The van der Waals surface area contributed by atoms with Gasteiger partial charge in [0.2, 0.25) is 0 Å². The summed E-state index contributed by atoms with van der Waals surface area (Å²) < 4.78 is 7.22. The minimum atomic E-state index is -0.847. The number of aliphatic hydroxyl groups is 1. The molecular weight excluding hydrogens is 276 g/mol. The Morgan fingerprint density at radius 2 is 2.20 bits per heavy atom. The number of aliphatic hydroxyl groups excluding tert-OH is 1. The van der Waals surface area contributed by atoms with Crippen molar-refractivity contribution < 1.29 is 9.52 Å². The van der Waals surface area contributed by atoms with Crippen LogP contribution in [0.2, 0.25) is 5.02 Å². The van der Waals surface area contributed by atoms with Gasteiger partial charge < -0.3 is 9.52 Å². The molecule has 1 unspecified atom stereocenters. The molecule has 0 fully saturated rings. The first-order chi connectivity index (χ1) is 9.72. The van der Waals surface area contributed by atoms with Crippen LogP contribution in [0.5, 0.6) is 0 Å². The van der Waals surface area contributed by atoms with Gasteiger partial charge in [-0.15, -0.1) is 0 Å². The Balaban J connectivity index is 2.08. The first-order valence-corrected chi connectivity index (χ1v) is 6.95. The second-order valence-corrected chi connectivity index (χ2v) is 5.10. The summed E-state index contributed by atoms with van der Waals surface area (Å²) in [5.41, 5.74) is 2.07. The zero-order valence-corrected chi connectivity index (χ0v) is 11.8. The number of aromatic nitrogens is 2. The number of benzene rings is 1. The monoisotopic (exact) mass is 290 g/mol. The number of halogens is 1. The van der Waals surface area contributed by atoms with E-state index in [0.717, 1.165) is 23.9 Å². The van der Waals surface area contributed by atoms with Gasteiger partial charge in [0.1, 0.15) is 11.7 Å². The van der Waals surface area contributed by atoms with E-state index >= 15 is 0 Å². The lowest BCUT2D eigenvalue weighted by Gasteiger charge is -2.12. The third-order valence-electron chi connectivity index (χ3n) is 3.33. The number of nitrogens with zero attached hydrogens (tertiary/aromatic N) is 2. The molecule has 2 aromatic heterocycles. The Hall–Kier alpha value is -1.78. The van der Waals surface area contributed by atoms with Gasteiger partial charge >= 0.3 is 0 Å². The van der Waals surface area contributed by atoms with Crippen molar-refractivity contribution in [2.24, 2.45) is 0 Å². The number of para-hydroxylation sites is 1. The molecule has 1 N–H and O–H groups in total. The van der Waals surface area contributed by atoms with Crippen molar-refractivity contribution in [1.29, 1.82) is 0 Å². The van der Waals surface area contributed by atoms with Crippen LogP contribution >= 0.6 is 11.6 Å². The van der Waals surface area contributed by atoms with Gasteiger partial charge in [-0.2, -0.15) is 5.10 Å². The molecule has 0 aliphatic rings. The molecule has 1 aromatic carbocycles. The lowest BCUT2D eigenvalue weighted by atomic mass is 10.1. The summed E-state index contributed by atoms with van der Waals surface area (Å²) in [7, 11) is 0. The van der Waals surface area contributed by atoms with Gasteiger partial charge in [-0.3, -0.25) is 4.68 Å². The lowest BCUT2D eigenvalue weighted by Crippen LogP contribution is -2.10. The Bertz CT molecular complexity index is 732. The van der Waals surface area contributed by atoms with Crippen LogP contribution < -0.4 is 0 Å². The average molecular weight is 291 g/mol. The van der Waals surface area contributed by atoms with Crippen LogP contribution in [0, 0.1) is 0 Å². The zero-order valence-electron chi connectivity index (χ0n) is 11.1. The van der Waals surface area contributed by atoms with E-state index in [9.17, 15) is 5.11 Å². The fourth-order valence-corrected chi connectivity index (χ4v) is 2.64. The Morgan fingerprint density at radius 3 is 3.00 bits per heavy atom. The van der Waals surface area contributed by atoms with Crippen molar-refractivity contribution in [3.8, 4) is 0 Å². The predicted molar refractivity (Wildman–Crippen MR) is 77.8 cm³/mol. The van der Waals surface area contributed by atoms with Gasteiger partial charge in [0.05, 0.1) is 23.2 Å². The molecule has 0 amide bonds. The molecule has 0 aliphatic carbocycles. The summed E-state index contributed by atoms with van der Waals surface area (Å²) >= 11 is 6.17. The van der Waals surface area contributed by atoms with Crippen molar-refractivity contribution >= 4 is 22.6 Å². The third kappa shape index (κ3) is 2.11. The molecule has 0 saturated carbocycles. The summed E-state index contributed by atoms with van der Waals surface area (Å²) in [5, 5.41) is 16.2. The van der Waals surface area contributed by atoms with E-state index in [0.29, 0.717) is 16.3 Å². The smallest absolute Gasteiger partial charge is 0.134 e. The van der Waals surface area contributed by atoms with Crippen LogP contribution in [0.15, 0.2) is 41.1 Å². The van der Waals surface area contributed by atoms with Crippen molar-refractivity contribution in [2.45, 2.75) is 26.0 Å². The standard InChI is InChI=1S/C15H15ClN2O2/c1-2-7-18-14(12(16)8-17-18)15(19)11-9-20-13-6-4-3-5-10(11)13/h3-6,8-9,15,19H,2,7H2,1H3. The molecule has 0 bridgehead atoms. The van der Waals surface area contributed by atoms with E-state index < -0.39 is 6.10 Å². The van der Waals surface area contributed by atoms with Gasteiger partial charge in [-0.05, 0) is 12.5 Å². The van der Waals surface area contributed by atoms with Gasteiger partial charge in [0.15, 0.2) is 0 Å². The molecule has 4 nitrogen and oxygen atoms in total. The van der Waals surface area contributed by atoms with Crippen molar-refractivity contribution in [1.82, 2.24) is 9.78 Å². The quantitative estimate of drug-likeness (QED) is 0.795. The lowest BCUT2D eigenvalue weighted by molar-refractivity contribution is 0.207. The van der Waals surface area contributed by atoms with Crippen LogP contribution in [-0.4, -0.2) is 14.9 Å². The van der Waals surface area contributed by atoms with Gasteiger partial charge in [-0.1, -0.05) is 36.7 Å². The summed E-state index contributed by atoms with van der Waals surface area (Å²) in [6, 6.07) is 7.61.